The summed E-state index contributed by atoms with van der Waals surface area (Å²) in [5, 5.41) is 2.64. The Morgan fingerprint density at radius 2 is 1.75 bits per heavy atom. The van der Waals surface area contributed by atoms with Crippen LogP contribution in [0.1, 0.15) is 6.92 Å². The number of rotatable bonds is 9. The van der Waals surface area contributed by atoms with E-state index in [2.05, 4.69) is 5.32 Å². The van der Waals surface area contributed by atoms with Crippen molar-refractivity contribution >= 4 is 21.6 Å². The molecule has 2 aromatic carbocycles. The summed E-state index contributed by atoms with van der Waals surface area (Å²) in [6.07, 6.45) is 0.991. The Kier molecular flexibility index (Phi) is 7.22. The molecule has 9 heteroatoms. The van der Waals surface area contributed by atoms with Crippen LogP contribution < -0.4 is 19.1 Å². The van der Waals surface area contributed by atoms with Crippen molar-refractivity contribution < 1.29 is 27.1 Å². The smallest absolute Gasteiger partial charge is 0.243 e. The number of hydrogen-bond donors (Lipinski definition) is 1. The molecular formula is C19H23FN2O5S. The molecule has 0 aliphatic rings. The molecule has 0 fully saturated rings. The molecule has 7 nitrogen and oxygen atoms in total. The minimum absolute atomic E-state index is 0.169. The normalized spacial score (nSPS) is 12.1. The van der Waals surface area contributed by atoms with Crippen LogP contribution >= 0.6 is 0 Å². The quantitative estimate of drug-likeness (QED) is 0.641. The van der Waals surface area contributed by atoms with E-state index in [1.54, 1.807) is 18.2 Å². The molecule has 28 heavy (non-hydrogen) atoms. The monoisotopic (exact) mass is 410 g/mol. The van der Waals surface area contributed by atoms with Gasteiger partial charge in [-0.1, -0.05) is 12.1 Å². The molecule has 0 unspecified atom stereocenters. The molecule has 1 atom stereocenters. The van der Waals surface area contributed by atoms with E-state index >= 15 is 0 Å². The molecule has 0 aliphatic carbocycles. The summed E-state index contributed by atoms with van der Waals surface area (Å²) in [5.41, 5.74) is 0.205. The Morgan fingerprint density at radius 3 is 2.32 bits per heavy atom. The molecule has 1 amide bonds. The Morgan fingerprint density at radius 1 is 1.14 bits per heavy atom. The van der Waals surface area contributed by atoms with Crippen molar-refractivity contribution in [1.82, 2.24) is 5.32 Å². The van der Waals surface area contributed by atoms with Crippen LogP contribution in [0.2, 0.25) is 0 Å². The van der Waals surface area contributed by atoms with Gasteiger partial charge in [0.2, 0.25) is 15.9 Å². The van der Waals surface area contributed by atoms with E-state index < -0.39 is 27.8 Å². The van der Waals surface area contributed by atoms with E-state index in [-0.39, 0.29) is 18.8 Å². The topological polar surface area (TPSA) is 84.9 Å². The number of para-hydroxylation sites is 2. The lowest BCUT2D eigenvalue weighted by Crippen LogP contribution is -2.48. The van der Waals surface area contributed by atoms with Gasteiger partial charge in [0.1, 0.15) is 18.5 Å². The first-order chi connectivity index (χ1) is 13.2. The number of amides is 1. The van der Waals surface area contributed by atoms with Crippen molar-refractivity contribution in [3.63, 3.8) is 0 Å². The van der Waals surface area contributed by atoms with E-state index in [1.807, 2.05) is 6.07 Å². The second kappa shape index (κ2) is 9.41. The molecule has 0 radical (unpaired) electrons. The zero-order chi connectivity index (χ0) is 20.7. The molecule has 0 aliphatic heterocycles. The van der Waals surface area contributed by atoms with Gasteiger partial charge in [0.15, 0.2) is 11.5 Å². The van der Waals surface area contributed by atoms with Crippen molar-refractivity contribution in [3.8, 4) is 11.5 Å². The first-order valence-corrected chi connectivity index (χ1v) is 10.4. The fourth-order valence-electron chi connectivity index (χ4n) is 2.62. The predicted molar refractivity (Wildman–Crippen MR) is 105 cm³/mol. The lowest BCUT2D eigenvalue weighted by molar-refractivity contribution is -0.121. The zero-order valence-corrected chi connectivity index (χ0v) is 16.7. The average molecular weight is 410 g/mol. The second-order valence-corrected chi connectivity index (χ2v) is 7.86. The van der Waals surface area contributed by atoms with Gasteiger partial charge in [-0.3, -0.25) is 9.10 Å². The van der Waals surface area contributed by atoms with Gasteiger partial charge in [-0.05, 0) is 43.3 Å². The number of sulfonamides is 1. The highest BCUT2D eigenvalue weighted by atomic mass is 32.2. The van der Waals surface area contributed by atoms with E-state index in [9.17, 15) is 17.6 Å². The summed E-state index contributed by atoms with van der Waals surface area (Å²) in [4.78, 5) is 12.4. The van der Waals surface area contributed by atoms with Crippen LogP contribution in [0.25, 0.3) is 0 Å². The third-order valence-corrected chi connectivity index (χ3v) is 5.14. The molecule has 152 valence electrons. The third kappa shape index (κ3) is 5.59. The molecule has 0 heterocycles. The lowest BCUT2D eigenvalue weighted by Gasteiger charge is -2.28. The summed E-state index contributed by atoms with van der Waals surface area (Å²) >= 11 is 0. The van der Waals surface area contributed by atoms with E-state index in [0.717, 1.165) is 22.7 Å². The molecule has 0 bridgehead atoms. The van der Waals surface area contributed by atoms with Crippen molar-refractivity contribution in [2.75, 3.05) is 30.8 Å². The number of methoxy groups -OCH3 is 1. The maximum atomic E-state index is 13.1. The van der Waals surface area contributed by atoms with Crippen molar-refractivity contribution in [3.05, 3.63) is 54.3 Å². The van der Waals surface area contributed by atoms with Gasteiger partial charge in [-0.15, -0.1) is 0 Å². The summed E-state index contributed by atoms with van der Waals surface area (Å²) in [5.74, 6) is 0.110. The third-order valence-electron chi connectivity index (χ3n) is 3.90. The van der Waals surface area contributed by atoms with Crippen LogP contribution in [0.15, 0.2) is 48.5 Å². The van der Waals surface area contributed by atoms with Crippen LogP contribution in [0.5, 0.6) is 11.5 Å². The number of carbonyl (C=O) groups excluding carboxylic acids is 1. The highest BCUT2D eigenvalue weighted by molar-refractivity contribution is 7.92. The highest BCUT2D eigenvalue weighted by Gasteiger charge is 2.28. The van der Waals surface area contributed by atoms with E-state index in [1.165, 1.54) is 26.2 Å². The number of nitrogens with one attached hydrogen (secondary N) is 1. The number of ether oxygens (including phenoxy) is 2. The number of hydrogen-bond acceptors (Lipinski definition) is 5. The number of benzene rings is 2. The summed E-state index contributed by atoms with van der Waals surface area (Å²) in [6.45, 7) is 1.80. The largest absolute Gasteiger partial charge is 0.493 e. The molecule has 0 spiro atoms. The van der Waals surface area contributed by atoms with Crippen molar-refractivity contribution in [1.29, 1.82) is 0 Å². The van der Waals surface area contributed by atoms with Crippen molar-refractivity contribution in [2.45, 2.75) is 13.0 Å². The minimum atomic E-state index is -3.76. The number of carbonyl (C=O) groups is 1. The molecular weight excluding hydrogens is 387 g/mol. The van der Waals surface area contributed by atoms with Crippen LogP contribution in [-0.2, 0) is 14.8 Å². The molecule has 0 aromatic heterocycles. The maximum absolute atomic E-state index is 13.1. The van der Waals surface area contributed by atoms with Gasteiger partial charge in [0, 0.05) is 0 Å². The van der Waals surface area contributed by atoms with Gasteiger partial charge in [0.05, 0.1) is 25.6 Å². The first kappa shape index (κ1) is 21.5. The van der Waals surface area contributed by atoms with Gasteiger partial charge in [-0.2, -0.15) is 0 Å². The summed E-state index contributed by atoms with van der Waals surface area (Å²) in [7, 11) is -2.23. The molecule has 0 saturated carbocycles. The van der Waals surface area contributed by atoms with Crippen LogP contribution in [0.3, 0.4) is 0 Å². The minimum Gasteiger partial charge on any atom is -0.493 e. The van der Waals surface area contributed by atoms with E-state index in [0.29, 0.717) is 11.5 Å². The SMILES string of the molecule is COc1ccccc1OCCNC(=O)[C@@H](C)N(c1ccc(F)cc1)S(C)(=O)=O. The second-order valence-electron chi connectivity index (χ2n) is 6.00. The van der Waals surface area contributed by atoms with Gasteiger partial charge < -0.3 is 14.8 Å². The average Bonchev–Trinajstić information content (AvgIpc) is 2.66. The van der Waals surface area contributed by atoms with Crippen LogP contribution in [-0.4, -0.2) is 46.9 Å². The fraction of sp³-hybridized carbons (Fsp3) is 0.316. The summed E-state index contributed by atoms with van der Waals surface area (Å²) < 4.78 is 49.2. The fourth-order valence-corrected chi connectivity index (χ4v) is 3.79. The molecule has 2 aromatic rings. The Hall–Kier alpha value is -2.81. The van der Waals surface area contributed by atoms with Gasteiger partial charge >= 0.3 is 0 Å². The van der Waals surface area contributed by atoms with Crippen molar-refractivity contribution in [2.24, 2.45) is 0 Å². The Labute approximate surface area is 164 Å². The Bertz CT molecular complexity index is 903. The van der Waals surface area contributed by atoms with Gasteiger partial charge in [0.25, 0.3) is 0 Å². The van der Waals surface area contributed by atoms with Crippen LogP contribution in [0.4, 0.5) is 10.1 Å². The standard InChI is InChI=1S/C19H23FN2O5S/c1-14(22(28(3,24)25)16-10-8-15(20)9-11-16)19(23)21-12-13-27-18-7-5-4-6-17(18)26-2/h4-11,14H,12-13H2,1-3H3,(H,21,23)/t14-/m1/s1. The summed E-state index contributed by atoms with van der Waals surface area (Å²) in [6, 6.07) is 11.0. The molecule has 2 rings (SSSR count). The Balaban J connectivity index is 1.98. The predicted octanol–water partition coefficient (Wildman–Crippen LogP) is 2.18. The first-order valence-electron chi connectivity index (χ1n) is 8.52. The molecule has 0 saturated heterocycles. The zero-order valence-electron chi connectivity index (χ0n) is 15.9. The maximum Gasteiger partial charge on any atom is 0.243 e. The number of nitrogens with zero attached hydrogens (tertiary/aromatic N) is 1. The van der Waals surface area contributed by atoms with E-state index in [4.69, 9.17) is 9.47 Å². The lowest BCUT2D eigenvalue weighted by atomic mass is 10.2. The molecule has 1 N–H and O–H groups in total. The number of anilines is 1. The van der Waals surface area contributed by atoms with Crippen LogP contribution in [0, 0.1) is 5.82 Å². The van der Waals surface area contributed by atoms with Gasteiger partial charge in [-0.25, -0.2) is 12.8 Å². The number of halogens is 1. The highest BCUT2D eigenvalue weighted by Crippen LogP contribution is 2.25.